The predicted octanol–water partition coefficient (Wildman–Crippen LogP) is -3.70. The van der Waals surface area contributed by atoms with Gasteiger partial charge in [-0.3, -0.25) is 0 Å². The van der Waals surface area contributed by atoms with Gasteiger partial charge in [0.05, 0.1) is 0 Å². The van der Waals surface area contributed by atoms with Crippen molar-refractivity contribution in [1.29, 1.82) is 0 Å². The molecule has 0 heterocycles. The summed E-state index contributed by atoms with van der Waals surface area (Å²) >= 11 is 0. The van der Waals surface area contributed by atoms with Crippen molar-refractivity contribution in [2.24, 2.45) is 0 Å². The number of carboxylic acid groups (broad SMARTS) is 1. The van der Waals surface area contributed by atoms with Crippen molar-refractivity contribution >= 4 is 5.97 Å². The van der Waals surface area contributed by atoms with Crippen molar-refractivity contribution in [3.05, 3.63) is 0 Å². The van der Waals surface area contributed by atoms with E-state index in [1.165, 1.54) is 0 Å². The molecule has 0 unspecified atom stereocenters. The van der Waals surface area contributed by atoms with Crippen LogP contribution in [-0.2, 0) is 4.79 Å². The Morgan fingerprint density at radius 1 is 1.38 bits per heavy atom. The average Bonchev–Trinajstić information content (AvgIpc) is 1.31. The first-order valence-electron chi connectivity index (χ1n) is 1.23. The number of hydrogen-bond acceptors (Lipinski definition) is 2. The summed E-state index contributed by atoms with van der Waals surface area (Å²) in [5.41, 5.74) is 0. The molecule has 0 aliphatic carbocycles. The summed E-state index contributed by atoms with van der Waals surface area (Å²) < 4.78 is 31.5. The fraction of sp³-hybridized carbons (Fsp3) is 0.500. The van der Waals surface area contributed by atoms with Crippen molar-refractivity contribution in [2.45, 2.75) is 6.18 Å². The zero-order chi connectivity index (χ0) is 6.08. The number of hydrogen-bond donors (Lipinski definition) is 0. The van der Waals surface area contributed by atoms with Crippen molar-refractivity contribution in [2.75, 3.05) is 0 Å². The van der Waals surface area contributed by atoms with Gasteiger partial charge in [-0.1, -0.05) is 0 Å². The van der Waals surface area contributed by atoms with Gasteiger partial charge in [-0.2, -0.15) is 13.2 Å². The van der Waals surface area contributed by atoms with Crippen LogP contribution in [0.4, 0.5) is 13.2 Å². The number of halogens is 3. The topological polar surface area (TPSA) is 40.1 Å². The maximum Gasteiger partial charge on any atom is 1.00 e. The Morgan fingerprint density at radius 2 is 1.50 bits per heavy atom. The van der Waals surface area contributed by atoms with Gasteiger partial charge in [-0.05, 0) is 0 Å². The predicted molar refractivity (Wildman–Crippen MR) is 11.1 cm³/mol. The molecule has 6 heteroatoms. The van der Waals surface area contributed by atoms with E-state index in [-0.39, 0.29) is 51.4 Å². The Kier molecular flexibility index (Phi) is 5.59. The van der Waals surface area contributed by atoms with Crippen LogP contribution in [0, 0.1) is 0 Å². The number of aliphatic carboxylic acids is 1. The number of carboxylic acids is 1. The Morgan fingerprint density at radius 3 is 1.50 bits per heavy atom. The summed E-state index contributed by atoms with van der Waals surface area (Å²) in [6.07, 6.45) is -5.19. The zero-order valence-corrected chi connectivity index (χ0v) is 7.07. The van der Waals surface area contributed by atoms with Crippen molar-refractivity contribution in [1.82, 2.24) is 0 Å². The van der Waals surface area contributed by atoms with E-state index in [1.807, 2.05) is 0 Å². The third kappa shape index (κ3) is 5.04. The quantitative estimate of drug-likeness (QED) is 0.335. The van der Waals surface area contributed by atoms with E-state index in [9.17, 15) is 13.2 Å². The third-order valence-corrected chi connectivity index (χ3v) is 0.231. The molecule has 0 atom stereocenters. The van der Waals surface area contributed by atoms with E-state index in [0.717, 1.165) is 0 Å². The molecule has 0 aliphatic heterocycles. The van der Waals surface area contributed by atoms with Gasteiger partial charge in [-0.25, -0.2) is 0 Å². The summed E-state index contributed by atoms with van der Waals surface area (Å²) in [5, 5.41) is 8.78. The molecule has 0 saturated heterocycles. The smallest absolute Gasteiger partial charge is 0.542 e. The van der Waals surface area contributed by atoms with E-state index in [1.54, 1.807) is 0 Å². The number of carbonyl (C=O) groups is 1. The summed E-state index contributed by atoms with van der Waals surface area (Å²) in [4.78, 5) is 8.78. The van der Waals surface area contributed by atoms with E-state index < -0.39 is 12.1 Å². The average molecular weight is 152 g/mol. The molecule has 0 spiro atoms. The van der Waals surface area contributed by atoms with Gasteiger partial charge >= 0.3 is 57.6 Å². The minimum Gasteiger partial charge on any atom is -0.542 e. The van der Waals surface area contributed by atoms with Crippen molar-refractivity contribution in [3.63, 3.8) is 0 Å². The maximum absolute atomic E-state index is 10.5. The zero-order valence-electron chi connectivity index (χ0n) is 3.95. The van der Waals surface area contributed by atoms with Crippen LogP contribution in [-0.4, -0.2) is 12.1 Å². The molecular formula is C2F3KO2. The molecule has 0 rings (SSSR count). The molecule has 8 heavy (non-hydrogen) atoms. The molecule has 42 valence electrons. The largest absolute Gasteiger partial charge is 1.00 e. The van der Waals surface area contributed by atoms with Gasteiger partial charge in [0.15, 0.2) is 0 Å². The second-order valence-corrected chi connectivity index (χ2v) is 0.785. The van der Waals surface area contributed by atoms with Crippen molar-refractivity contribution < 1.29 is 74.5 Å². The van der Waals surface area contributed by atoms with Gasteiger partial charge in [0.25, 0.3) is 0 Å². The second kappa shape index (κ2) is 3.83. The Balaban J connectivity index is 0. The molecule has 0 amide bonds. The van der Waals surface area contributed by atoms with Crippen molar-refractivity contribution in [3.8, 4) is 0 Å². The summed E-state index contributed by atoms with van der Waals surface area (Å²) in [6.45, 7) is 0. The van der Waals surface area contributed by atoms with E-state index in [0.29, 0.717) is 0 Å². The molecular weight excluding hydrogens is 152 g/mol. The Hall–Kier alpha value is 0.896. The first-order chi connectivity index (χ1) is 2.94. The van der Waals surface area contributed by atoms with Gasteiger partial charge in [0, 0.05) is 0 Å². The fourth-order valence-electron chi connectivity index (χ4n) is 0. The van der Waals surface area contributed by atoms with Crippen LogP contribution in [0.25, 0.3) is 0 Å². The first-order valence-corrected chi connectivity index (χ1v) is 1.23. The molecule has 0 aliphatic rings. The minimum atomic E-state index is -5.19. The number of alkyl halides is 3. The monoisotopic (exact) mass is 152 g/mol. The van der Waals surface area contributed by atoms with Gasteiger partial charge in [0.2, 0.25) is 0 Å². The normalized spacial score (nSPS) is 9.88. The number of rotatable bonds is 0. The Labute approximate surface area is 85.5 Å². The van der Waals surface area contributed by atoms with E-state index in [4.69, 9.17) is 9.90 Å². The molecule has 0 aromatic carbocycles. The van der Waals surface area contributed by atoms with Crippen LogP contribution in [0.3, 0.4) is 0 Å². The first kappa shape index (κ1) is 11.7. The Bertz CT molecular complexity index is 87.8. The van der Waals surface area contributed by atoms with Crippen LogP contribution < -0.4 is 56.5 Å². The number of carbonyl (C=O) groups excluding carboxylic acids is 1. The molecule has 0 N–H and O–H groups in total. The van der Waals surface area contributed by atoms with Gasteiger partial charge in [-0.15, -0.1) is 0 Å². The van der Waals surface area contributed by atoms with Crippen LogP contribution in [0.5, 0.6) is 0 Å². The standard InChI is InChI=1S/C2HF3O2.K/c3-2(4,5)1(6)7;/h(H,6,7);/q;+1/p-1. The maximum atomic E-state index is 10.5. The molecule has 0 fully saturated rings. The van der Waals surface area contributed by atoms with Gasteiger partial charge in [0.1, 0.15) is 5.97 Å². The molecule has 0 bridgehead atoms. The fourth-order valence-corrected chi connectivity index (χ4v) is 0. The molecule has 2 nitrogen and oxygen atoms in total. The summed E-state index contributed by atoms with van der Waals surface area (Å²) in [5.74, 6) is -3.01. The third-order valence-electron chi connectivity index (χ3n) is 0.231. The van der Waals surface area contributed by atoms with Crippen LogP contribution in [0.15, 0.2) is 0 Å². The summed E-state index contributed by atoms with van der Waals surface area (Å²) in [6, 6.07) is 0. The van der Waals surface area contributed by atoms with Crippen LogP contribution >= 0.6 is 0 Å². The van der Waals surface area contributed by atoms with Crippen LogP contribution in [0.1, 0.15) is 0 Å². The molecule has 0 saturated carbocycles. The van der Waals surface area contributed by atoms with E-state index >= 15 is 0 Å². The molecule has 0 aromatic heterocycles. The SMILES string of the molecule is O=C([O-])C(F)(F)F.[K+]. The second-order valence-electron chi connectivity index (χ2n) is 0.785. The van der Waals surface area contributed by atoms with Gasteiger partial charge < -0.3 is 9.90 Å². The molecule has 0 aromatic rings. The minimum absolute atomic E-state index is 0. The van der Waals surface area contributed by atoms with Crippen LogP contribution in [0.2, 0.25) is 0 Å². The molecule has 0 radical (unpaired) electrons. The summed E-state index contributed by atoms with van der Waals surface area (Å²) in [7, 11) is 0. The van der Waals surface area contributed by atoms with E-state index in [2.05, 4.69) is 0 Å².